The number of carbonyl (C=O) groups is 1. The normalized spacial score (nSPS) is 11.1. The fourth-order valence-electron chi connectivity index (χ4n) is 2.54. The van der Waals surface area contributed by atoms with E-state index in [0.29, 0.717) is 5.69 Å². The highest BCUT2D eigenvalue weighted by molar-refractivity contribution is 7.92. The van der Waals surface area contributed by atoms with E-state index in [9.17, 15) is 17.6 Å². The number of benzene rings is 3. The van der Waals surface area contributed by atoms with Crippen molar-refractivity contribution in [1.29, 1.82) is 0 Å². The number of nitrogens with one attached hydrogen (secondary N) is 2. The third kappa shape index (κ3) is 4.37. The molecular weight excluding hydrogens is 379 g/mol. The number of aryl methyl sites for hydroxylation is 2. The van der Waals surface area contributed by atoms with Gasteiger partial charge in [-0.3, -0.25) is 9.52 Å². The van der Waals surface area contributed by atoms with Crippen molar-refractivity contribution in [2.45, 2.75) is 18.7 Å². The van der Waals surface area contributed by atoms with Gasteiger partial charge in [-0.05, 0) is 73.5 Å². The summed E-state index contributed by atoms with van der Waals surface area (Å²) in [5.74, 6) is -1.03. The van der Waals surface area contributed by atoms with Crippen molar-refractivity contribution in [2.75, 3.05) is 10.0 Å². The van der Waals surface area contributed by atoms with Gasteiger partial charge in [0.1, 0.15) is 5.82 Å². The van der Waals surface area contributed by atoms with Gasteiger partial charge in [0, 0.05) is 11.3 Å². The molecule has 144 valence electrons. The maximum Gasteiger partial charge on any atom is 0.261 e. The lowest BCUT2D eigenvalue weighted by Gasteiger charge is -2.11. The molecule has 5 nitrogen and oxygen atoms in total. The van der Waals surface area contributed by atoms with E-state index < -0.39 is 21.7 Å². The average Bonchev–Trinajstić information content (AvgIpc) is 2.66. The average molecular weight is 398 g/mol. The molecule has 0 fully saturated rings. The van der Waals surface area contributed by atoms with Crippen LogP contribution in [0.25, 0.3) is 0 Å². The minimum absolute atomic E-state index is 0.0759. The van der Waals surface area contributed by atoms with Crippen LogP contribution in [-0.4, -0.2) is 14.3 Å². The number of halogens is 1. The summed E-state index contributed by atoms with van der Waals surface area (Å²) in [6.07, 6.45) is 0. The first-order valence-corrected chi connectivity index (χ1v) is 10.0. The molecule has 0 heterocycles. The number of amides is 1. The minimum atomic E-state index is -3.74. The van der Waals surface area contributed by atoms with Crippen LogP contribution in [0.3, 0.4) is 0 Å². The molecule has 3 rings (SSSR count). The van der Waals surface area contributed by atoms with E-state index in [-0.39, 0.29) is 16.1 Å². The Morgan fingerprint density at radius 1 is 0.893 bits per heavy atom. The van der Waals surface area contributed by atoms with Crippen LogP contribution in [0.15, 0.2) is 71.6 Å². The van der Waals surface area contributed by atoms with Crippen molar-refractivity contribution in [1.82, 2.24) is 0 Å². The topological polar surface area (TPSA) is 75.3 Å². The molecule has 0 aliphatic rings. The molecule has 0 bridgehead atoms. The van der Waals surface area contributed by atoms with Crippen molar-refractivity contribution in [2.24, 2.45) is 0 Å². The predicted octanol–water partition coefficient (Wildman–Crippen LogP) is 4.50. The number of carbonyl (C=O) groups excluding carboxylic acids is 1. The first-order valence-electron chi connectivity index (χ1n) is 8.52. The maximum absolute atomic E-state index is 13.6. The molecule has 0 atom stereocenters. The van der Waals surface area contributed by atoms with Crippen LogP contribution < -0.4 is 10.0 Å². The first-order chi connectivity index (χ1) is 13.3. The highest BCUT2D eigenvalue weighted by Gasteiger charge is 2.15. The number of sulfonamides is 1. The minimum Gasteiger partial charge on any atom is -0.319 e. The van der Waals surface area contributed by atoms with E-state index in [0.717, 1.165) is 11.1 Å². The van der Waals surface area contributed by atoms with Crippen molar-refractivity contribution in [3.63, 3.8) is 0 Å². The van der Waals surface area contributed by atoms with E-state index >= 15 is 0 Å². The Morgan fingerprint density at radius 2 is 1.57 bits per heavy atom. The van der Waals surface area contributed by atoms with Gasteiger partial charge in [0.05, 0.1) is 10.6 Å². The molecule has 0 spiro atoms. The van der Waals surface area contributed by atoms with Crippen LogP contribution in [0.2, 0.25) is 0 Å². The van der Waals surface area contributed by atoms with Gasteiger partial charge in [-0.25, -0.2) is 12.8 Å². The Bertz CT molecular complexity index is 1130. The van der Waals surface area contributed by atoms with Crippen LogP contribution in [0.1, 0.15) is 21.5 Å². The van der Waals surface area contributed by atoms with Gasteiger partial charge in [-0.2, -0.15) is 0 Å². The van der Waals surface area contributed by atoms with Crippen LogP contribution in [0, 0.1) is 19.7 Å². The Balaban J connectivity index is 1.74. The van der Waals surface area contributed by atoms with E-state index in [1.54, 1.807) is 24.3 Å². The Hall–Kier alpha value is -3.19. The van der Waals surface area contributed by atoms with E-state index in [2.05, 4.69) is 10.0 Å². The summed E-state index contributed by atoms with van der Waals surface area (Å²) >= 11 is 0. The van der Waals surface area contributed by atoms with E-state index in [1.165, 1.54) is 42.5 Å². The quantitative estimate of drug-likeness (QED) is 0.665. The second-order valence-electron chi connectivity index (χ2n) is 6.36. The first kappa shape index (κ1) is 19.6. The fraction of sp³-hybridized carbons (Fsp3) is 0.0952. The summed E-state index contributed by atoms with van der Waals surface area (Å²) in [4.78, 5) is 12.4. The Kier molecular flexibility index (Phi) is 5.46. The molecule has 28 heavy (non-hydrogen) atoms. The van der Waals surface area contributed by atoms with E-state index in [4.69, 9.17) is 0 Å². The molecular formula is C21H19FN2O3S. The molecule has 0 unspecified atom stereocenters. The summed E-state index contributed by atoms with van der Waals surface area (Å²) in [7, 11) is -3.74. The summed E-state index contributed by atoms with van der Waals surface area (Å²) in [5, 5.41) is 2.48. The molecule has 0 saturated carbocycles. The van der Waals surface area contributed by atoms with Gasteiger partial charge >= 0.3 is 0 Å². The number of anilines is 2. The van der Waals surface area contributed by atoms with Crippen molar-refractivity contribution >= 4 is 27.3 Å². The highest BCUT2D eigenvalue weighted by atomic mass is 32.2. The molecule has 3 aromatic rings. The van der Waals surface area contributed by atoms with Crippen molar-refractivity contribution in [3.05, 3.63) is 89.2 Å². The lowest BCUT2D eigenvalue weighted by molar-refractivity contribution is 0.102. The Labute approximate surface area is 163 Å². The summed E-state index contributed by atoms with van der Waals surface area (Å²) in [6.45, 7) is 3.75. The second kappa shape index (κ2) is 7.82. The molecule has 2 N–H and O–H groups in total. The van der Waals surface area contributed by atoms with Crippen LogP contribution >= 0.6 is 0 Å². The zero-order valence-electron chi connectivity index (χ0n) is 15.4. The maximum atomic E-state index is 13.6. The summed E-state index contributed by atoms with van der Waals surface area (Å²) in [5.41, 5.74) is 2.55. The number of hydrogen-bond donors (Lipinski definition) is 2. The molecule has 0 aliphatic carbocycles. The zero-order chi connectivity index (χ0) is 20.3. The number of para-hydroxylation sites is 1. The van der Waals surface area contributed by atoms with E-state index in [1.807, 2.05) is 13.8 Å². The van der Waals surface area contributed by atoms with Crippen LogP contribution in [0.4, 0.5) is 15.8 Å². The SMILES string of the molecule is Cc1ccc(S(=O)(=O)Nc2ccc(C(=O)Nc3ccccc3F)cc2)cc1C. The van der Waals surface area contributed by atoms with Crippen LogP contribution in [0.5, 0.6) is 0 Å². The van der Waals surface area contributed by atoms with Gasteiger partial charge in [0.2, 0.25) is 0 Å². The van der Waals surface area contributed by atoms with Gasteiger partial charge in [0.15, 0.2) is 0 Å². The molecule has 0 radical (unpaired) electrons. The third-order valence-electron chi connectivity index (χ3n) is 4.31. The van der Waals surface area contributed by atoms with Crippen LogP contribution in [-0.2, 0) is 10.0 Å². The lowest BCUT2D eigenvalue weighted by Crippen LogP contribution is -2.15. The monoisotopic (exact) mass is 398 g/mol. The van der Waals surface area contributed by atoms with Crippen molar-refractivity contribution < 1.29 is 17.6 Å². The van der Waals surface area contributed by atoms with Gasteiger partial charge < -0.3 is 5.32 Å². The highest BCUT2D eigenvalue weighted by Crippen LogP contribution is 2.20. The van der Waals surface area contributed by atoms with Gasteiger partial charge in [0.25, 0.3) is 15.9 Å². The summed E-state index contributed by atoms with van der Waals surface area (Å²) < 4.78 is 41.2. The zero-order valence-corrected chi connectivity index (χ0v) is 16.2. The smallest absolute Gasteiger partial charge is 0.261 e. The second-order valence-corrected chi connectivity index (χ2v) is 8.05. The number of rotatable bonds is 5. The molecule has 3 aromatic carbocycles. The standard InChI is InChI=1S/C21H19FN2O3S/c1-14-7-12-18(13-15(14)2)28(26,27)24-17-10-8-16(9-11-17)21(25)23-20-6-4-3-5-19(20)22/h3-13,24H,1-2H3,(H,23,25). The van der Waals surface area contributed by atoms with Gasteiger partial charge in [-0.15, -0.1) is 0 Å². The molecule has 7 heteroatoms. The molecule has 0 aromatic heterocycles. The molecule has 0 saturated heterocycles. The Morgan fingerprint density at radius 3 is 2.21 bits per heavy atom. The molecule has 1 amide bonds. The van der Waals surface area contributed by atoms with Gasteiger partial charge in [-0.1, -0.05) is 18.2 Å². The number of hydrogen-bond acceptors (Lipinski definition) is 3. The predicted molar refractivity (Wildman–Crippen MR) is 108 cm³/mol. The summed E-state index contributed by atoms with van der Waals surface area (Å²) in [6, 6.07) is 16.6. The van der Waals surface area contributed by atoms with Crippen molar-refractivity contribution in [3.8, 4) is 0 Å². The lowest BCUT2D eigenvalue weighted by atomic mass is 10.1. The third-order valence-corrected chi connectivity index (χ3v) is 5.69. The fourth-order valence-corrected chi connectivity index (χ4v) is 3.69. The largest absolute Gasteiger partial charge is 0.319 e. The molecule has 0 aliphatic heterocycles.